The fourth-order valence-corrected chi connectivity index (χ4v) is 1.36. The molecule has 1 aromatic rings. The van der Waals surface area contributed by atoms with Crippen LogP contribution in [0, 0.1) is 10.1 Å². The van der Waals surface area contributed by atoms with Crippen LogP contribution in [-0.4, -0.2) is 11.2 Å². The zero-order valence-electron chi connectivity index (χ0n) is 7.84. The lowest BCUT2D eigenvalue weighted by Crippen LogP contribution is -2.02. The third-order valence-corrected chi connectivity index (χ3v) is 2.14. The lowest BCUT2D eigenvalue weighted by Gasteiger charge is -2.07. The standard InChI is InChI=1S/C10H11NO3/c1-2-8(7-12)9-5-3-4-6-10(9)11(13)14/h3-8H,2H2,1H3. The molecule has 1 aromatic carbocycles. The van der Waals surface area contributed by atoms with Gasteiger partial charge in [-0.1, -0.05) is 25.1 Å². The van der Waals surface area contributed by atoms with Crippen LogP contribution in [0.2, 0.25) is 0 Å². The number of nitro benzene ring substituents is 1. The predicted molar refractivity (Wildman–Crippen MR) is 52.2 cm³/mol. The SMILES string of the molecule is CCC(C=O)c1ccccc1[N+](=O)[O-]. The quantitative estimate of drug-likeness (QED) is 0.418. The van der Waals surface area contributed by atoms with E-state index in [1.165, 1.54) is 6.07 Å². The van der Waals surface area contributed by atoms with Gasteiger partial charge in [-0.25, -0.2) is 0 Å². The van der Waals surface area contributed by atoms with E-state index in [9.17, 15) is 14.9 Å². The Morgan fingerprint density at radius 1 is 1.50 bits per heavy atom. The summed E-state index contributed by atoms with van der Waals surface area (Å²) in [6.07, 6.45) is 1.33. The molecule has 0 spiro atoms. The molecule has 0 heterocycles. The molecule has 0 saturated carbocycles. The van der Waals surface area contributed by atoms with Crippen molar-refractivity contribution in [1.82, 2.24) is 0 Å². The highest BCUT2D eigenvalue weighted by atomic mass is 16.6. The monoisotopic (exact) mass is 193 g/mol. The smallest absolute Gasteiger partial charge is 0.273 e. The minimum atomic E-state index is -0.457. The third kappa shape index (κ3) is 1.96. The Bertz CT molecular complexity index is 349. The maximum Gasteiger partial charge on any atom is 0.273 e. The van der Waals surface area contributed by atoms with Crippen molar-refractivity contribution in [3.05, 3.63) is 39.9 Å². The number of aldehydes is 1. The van der Waals surface area contributed by atoms with E-state index in [0.29, 0.717) is 12.0 Å². The van der Waals surface area contributed by atoms with E-state index in [0.717, 1.165) is 6.29 Å². The molecule has 0 aliphatic heterocycles. The molecular weight excluding hydrogens is 182 g/mol. The van der Waals surface area contributed by atoms with E-state index >= 15 is 0 Å². The minimum Gasteiger partial charge on any atom is -0.303 e. The number of hydrogen-bond donors (Lipinski definition) is 0. The second-order valence-corrected chi connectivity index (χ2v) is 2.97. The summed E-state index contributed by atoms with van der Waals surface area (Å²) in [5.74, 6) is -0.378. The van der Waals surface area contributed by atoms with E-state index in [1.54, 1.807) is 18.2 Å². The van der Waals surface area contributed by atoms with Gasteiger partial charge >= 0.3 is 0 Å². The average molecular weight is 193 g/mol. The summed E-state index contributed by atoms with van der Waals surface area (Å²) in [5.41, 5.74) is 0.515. The first-order valence-electron chi connectivity index (χ1n) is 4.39. The molecule has 74 valence electrons. The van der Waals surface area contributed by atoms with E-state index in [2.05, 4.69) is 0 Å². The Kier molecular flexibility index (Phi) is 3.34. The van der Waals surface area contributed by atoms with E-state index in [1.807, 2.05) is 6.92 Å². The zero-order chi connectivity index (χ0) is 10.6. The molecule has 0 amide bonds. The van der Waals surface area contributed by atoms with Gasteiger partial charge in [-0.15, -0.1) is 0 Å². The van der Waals surface area contributed by atoms with Gasteiger partial charge in [0.15, 0.2) is 0 Å². The second-order valence-electron chi connectivity index (χ2n) is 2.97. The number of carbonyl (C=O) groups is 1. The molecule has 4 nitrogen and oxygen atoms in total. The molecule has 1 unspecified atom stereocenters. The van der Waals surface area contributed by atoms with Crippen molar-refractivity contribution < 1.29 is 9.72 Å². The molecule has 0 aliphatic carbocycles. The van der Waals surface area contributed by atoms with Crippen LogP contribution in [0.5, 0.6) is 0 Å². The molecule has 1 rings (SSSR count). The van der Waals surface area contributed by atoms with Crippen molar-refractivity contribution in [2.75, 3.05) is 0 Å². The first-order valence-corrected chi connectivity index (χ1v) is 4.39. The molecule has 0 saturated heterocycles. The van der Waals surface area contributed by atoms with Gasteiger partial charge in [-0.05, 0) is 6.42 Å². The Morgan fingerprint density at radius 3 is 2.64 bits per heavy atom. The summed E-state index contributed by atoms with van der Waals surface area (Å²) >= 11 is 0. The molecule has 0 aromatic heterocycles. The molecule has 0 aliphatic rings. The Hall–Kier alpha value is -1.71. The van der Waals surface area contributed by atoms with Crippen LogP contribution in [0.3, 0.4) is 0 Å². The number of nitrogens with zero attached hydrogens (tertiary/aromatic N) is 1. The Balaban J connectivity index is 3.18. The van der Waals surface area contributed by atoms with Crippen molar-refractivity contribution in [2.24, 2.45) is 0 Å². The molecular formula is C10H11NO3. The maximum atomic E-state index is 10.7. The number of benzene rings is 1. The summed E-state index contributed by atoms with van der Waals surface area (Å²) in [6.45, 7) is 1.83. The van der Waals surface area contributed by atoms with Crippen LogP contribution < -0.4 is 0 Å². The van der Waals surface area contributed by atoms with Crippen LogP contribution in [-0.2, 0) is 4.79 Å². The van der Waals surface area contributed by atoms with Gasteiger partial charge < -0.3 is 4.79 Å². The van der Waals surface area contributed by atoms with Gasteiger partial charge in [0.25, 0.3) is 5.69 Å². The van der Waals surface area contributed by atoms with Crippen LogP contribution in [0.15, 0.2) is 24.3 Å². The van der Waals surface area contributed by atoms with Crippen LogP contribution >= 0.6 is 0 Å². The van der Waals surface area contributed by atoms with Gasteiger partial charge in [0, 0.05) is 17.5 Å². The van der Waals surface area contributed by atoms with E-state index < -0.39 is 4.92 Å². The van der Waals surface area contributed by atoms with Crippen molar-refractivity contribution in [3.8, 4) is 0 Å². The van der Waals surface area contributed by atoms with Crippen molar-refractivity contribution in [2.45, 2.75) is 19.3 Å². The first kappa shape index (κ1) is 10.4. The van der Waals surface area contributed by atoms with Crippen LogP contribution in [0.25, 0.3) is 0 Å². The second kappa shape index (κ2) is 4.50. The molecule has 1 atom stereocenters. The van der Waals surface area contributed by atoms with Crippen molar-refractivity contribution >= 4 is 12.0 Å². The van der Waals surface area contributed by atoms with Crippen molar-refractivity contribution in [3.63, 3.8) is 0 Å². The Labute approximate surface area is 81.7 Å². The van der Waals surface area contributed by atoms with Gasteiger partial charge in [0.05, 0.1) is 4.92 Å². The molecule has 0 N–H and O–H groups in total. The topological polar surface area (TPSA) is 60.2 Å². The largest absolute Gasteiger partial charge is 0.303 e. The highest BCUT2D eigenvalue weighted by Gasteiger charge is 2.19. The summed E-state index contributed by atoms with van der Waals surface area (Å²) in [7, 11) is 0. The minimum absolute atomic E-state index is 0.0199. The fourth-order valence-electron chi connectivity index (χ4n) is 1.36. The van der Waals surface area contributed by atoms with E-state index in [-0.39, 0.29) is 11.6 Å². The summed E-state index contributed by atoms with van der Waals surface area (Å²) < 4.78 is 0. The summed E-state index contributed by atoms with van der Waals surface area (Å²) in [4.78, 5) is 20.9. The van der Waals surface area contributed by atoms with Gasteiger partial charge in [0.2, 0.25) is 0 Å². The number of para-hydroxylation sites is 1. The number of rotatable bonds is 4. The highest BCUT2D eigenvalue weighted by Crippen LogP contribution is 2.26. The highest BCUT2D eigenvalue weighted by molar-refractivity contribution is 5.65. The van der Waals surface area contributed by atoms with Gasteiger partial charge in [-0.3, -0.25) is 10.1 Å². The zero-order valence-corrected chi connectivity index (χ0v) is 7.84. The number of carbonyl (C=O) groups excluding carboxylic acids is 1. The third-order valence-electron chi connectivity index (χ3n) is 2.14. The summed E-state index contributed by atoms with van der Waals surface area (Å²) in [5, 5.41) is 10.6. The van der Waals surface area contributed by atoms with Crippen molar-refractivity contribution in [1.29, 1.82) is 0 Å². The number of nitro groups is 1. The Morgan fingerprint density at radius 2 is 2.14 bits per heavy atom. The lowest BCUT2D eigenvalue weighted by atomic mass is 9.96. The van der Waals surface area contributed by atoms with Gasteiger partial charge in [0.1, 0.15) is 6.29 Å². The lowest BCUT2D eigenvalue weighted by molar-refractivity contribution is -0.385. The molecule has 0 fully saturated rings. The van der Waals surface area contributed by atoms with Gasteiger partial charge in [-0.2, -0.15) is 0 Å². The fraction of sp³-hybridized carbons (Fsp3) is 0.300. The molecule has 14 heavy (non-hydrogen) atoms. The maximum absolute atomic E-state index is 10.7. The summed E-state index contributed by atoms with van der Waals surface area (Å²) in [6, 6.07) is 6.34. The van der Waals surface area contributed by atoms with Crippen LogP contribution in [0.1, 0.15) is 24.8 Å². The normalized spacial score (nSPS) is 12.1. The molecule has 0 bridgehead atoms. The van der Waals surface area contributed by atoms with E-state index in [4.69, 9.17) is 0 Å². The first-order chi connectivity index (χ1) is 6.70. The van der Waals surface area contributed by atoms with Crippen LogP contribution in [0.4, 0.5) is 5.69 Å². The molecule has 4 heteroatoms. The number of hydrogen-bond acceptors (Lipinski definition) is 3. The molecule has 0 radical (unpaired) electrons. The predicted octanol–water partition coefficient (Wildman–Crippen LogP) is 2.29. The average Bonchev–Trinajstić information content (AvgIpc) is 2.20.